The van der Waals surface area contributed by atoms with Gasteiger partial charge in [0.05, 0.1) is 27.0 Å². The summed E-state index contributed by atoms with van der Waals surface area (Å²) in [7, 11) is 0.554. The van der Waals surface area contributed by atoms with Crippen LogP contribution in [0.25, 0.3) is 0 Å². The summed E-state index contributed by atoms with van der Waals surface area (Å²) in [6.07, 6.45) is 0. The van der Waals surface area contributed by atoms with Crippen molar-refractivity contribution in [2.45, 2.75) is 10.8 Å². The average Bonchev–Trinajstić information content (AvgIpc) is 3.37. The number of nitrogens with zero attached hydrogens (tertiary/aromatic N) is 1. The molecule has 3 aromatic rings. The van der Waals surface area contributed by atoms with E-state index in [1.165, 1.54) is 20.3 Å². The average molecular weight is 477 g/mol. The number of thiophene rings is 1. The minimum atomic E-state index is -3.97. The van der Waals surface area contributed by atoms with E-state index in [1.807, 2.05) is 0 Å². The van der Waals surface area contributed by atoms with Crippen LogP contribution in [-0.2, 0) is 21.4 Å². The first-order valence-corrected chi connectivity index (χ1v) is 11.9. The zero-order chi connectivity index (χ0) is 23.1. The van der Waals surface area contributed by atoms with Crippen molar-refractivity contribution in [2.24, 2.45) is 0 Å². The van der Waals surface area contributed by atoms with E-state index in [0.29, 0.717) is 17.2 Å². The molecular weight excluding hydrogens is 452 g/mol. The molecule has 0 saturated carbocycles. The van der Waals surface area contributed by atoms with Crippen molar-refractivity contribution >= 4 is 33.0 Å². The van der Waals surface area contributed by atoms with Crippen LogP contribution in [0.1, 0.15) is 5.56 Å². The summed E-state index contributed by atoms with van der Waals surface area (Å²) >= 11 is 1.08. The van der Waals surface area contributed by atoms with Gasteiger partial charge in [0.15, 0.2) is 11.5 Å². The number of ether oxygens (including phenoxy) is 3. The highest BCUT2D eigenvalue weighted by molar-refractivity contribution is 7.94. The van der Waals surface area contributed by atoms with Crippen molar-refractivity contribution < 1.29 is 27.4 Å². The highest BCUT2D eigenvalue weighted by Crippen LogP contribution is 2.33. The monoisotopic (exact) mass is 476 g/mol. The Hall–Kier alpha value is -3.24. The molecule has 0 aliphatic rings. The van der Waals surface area contributed by atoms with Gasteiger partial charge in [-0.25, -0.2) is 8.42 Å². The topological polar surface area (TPSA) is 94.2 Å². The van der Waals surface area contributed by atoms with E-state index in [2.05, 4.69) is 5.32 Å². The van der Waals surface area contributed by atoms with Crippen LogP contribution in [0.3, 0.4) is 0 Å². The minimum absolute atomic E-state index is 0.135. The standard InChI is InChI=1S/C22H24N2O6S2/c1-28-18-8-5-4-7-17(18)24(32(26,27)22-9-6-12-31-22)15-21(25)23-14-16-10-11-19(29-2)20(13-16)30-3/h4-13H,14-15H2,1-3H3,(H,23,25). The molecule has 0 radical (unpaired) electrons. The van der Waals surface area contributed by atoms with Crippen molar-refractivity contribution in [3.05, 3.63) is 65.5 Å². The fourth-order valence-electron chi connectivity index (χ4n) is 3.03. The lowest BCUT2D eigenvalue weighted by Gasteiger charge is -2.25. The van der Waals surface area contributed by atoms with Gasteiger partial charge in [-0.05, 0) is 41.3 Å². The number of carbonyl (C=O) groups is 1. The molecule has 1 heterocycles. The molecule has 0 fully saturated rings. The second kappa shape index (κ2) is 10.4. The summed E-state index contributed by atoms with van der Waals surface area (Å²) in [6.45, 7) is -0.216. The third kappa shape index (κ3) is 5.14. The maximum Gasteiger partial charge on any atom is 0.274 e. The number of sulfonamides is 1. The third-order valence-corrected chi connectivity index (χ3v) is 7.75. The molecule has 0 aliphatic heterocycles. The summed E-state index contributed by atoms with van der Waals surface area (Å²) in [4.78, 5) is 12.8. The molecule has 32 heavy (non-hydrogen) atoms. The van der Waals surface area contributed by atoms with Gasteiger partial charge in [-0.15, -0.1) is 11.3 Å². The number of carbonyl (C=O) groups excluding carboxylic acids is 1. The zero-order valence-corrected chi connectivity index (χ0v) is 19.5. The lowest BCUT2D eigenvalue weighted by atomic mass is 10.2. The number of hydrogen-bond acceptors (Lipinski definition) is 7. The Bertz CT molecular complexity index is 1160. The van der Waals surface area contributed by atoms with Gasteiger partial charge in [-0.1, -0.05) is 24.3 Å². The summed E-state index contributed by atoms with van der Waals surface area (Å²) in [6, 6.07) is 15.1. The molecule has 0 unspecified atom stereocenters. The molecule has 1 amide bonds. The number of para-hydroxylation sites is 2. The number of rotatable bonds is 10. The minimum Gasteiger partial charge on any atom is -0.495 e. The predicted octanol–water partition coefficient (Wildman–Crippen LogP) is 3.29. The molecule has 8 nitrogen and oxygen atoms in total. The van der Waals surface area contributed by atoms with Gasteiger partial charge in [-0.3, -0.25) is 9.10 Å². The second-order valence-corrected chi connectivity index (χ2v) is 9.62. The normalized spacial score (nSPS) is 11.0. The lowest BCUT2D eigenvalue weighted by molar-refractivity contribution is -0.119. The number of nitrogens with one attached hydrogen (secondary N) is 1. The van der Waals surface area contributed by atoms with E-state index < -0.39 is 22.5 Å². The Morgan fingerprint density at radius 3 is 2.31 bits per heavy atom. The molecule has 170 valence electrons. The van der Waals surface area contributed by atoms with Crippen LogP contribution in [0.4, 0.5) is 5.69 Å². The van der Waals surface area contributed by atoms with Crippen molar-refractivity contribution in [3.63, 3.8) is 0 Å². The van der Waals surface area contributed by atoms with Gasteiger partial charge >= 0.3 is 0 Å². The smallest absolute Gasteiger partial charge is 0.274 e. The number of amides is 1. The Morgan fingerprint density at radius 2 is 1.66 bits per heavy atom. The number of anilines is 1. The molecule has 0 aliphatic carbocycles. The SMILES string of the molecule is COc1ccc(CNC(=O)CN(c2ccccc2OC)S(=O)(=O)c2cccs2)cc1OC. The quantitative estimate of drug-likeness (QED) is 0.483. The first-order chi connectivity index (χ1) is 15.4. The van der Waals surface area contributed by atoms with E-state index in [9.17, 15) is 13.2 Å². The number of benzene rings is 2. The van der Waals surface area contributed by atoms with E-state index in [4.69, 9.17) is 14.2 Å². The van der Waals surface area contributed by atoms with Crippen LogP contribution in [-0.4, -0.2) is 42.2 Å². The first-order valence-electron chi connectivity index (χ1n) is 9.57. The van der Waals surface area contributed by atoms with Gasteiger partial charge in [0.1, 0.15) is 16.5 Å². The van der Waals surface area contributed by atoms with Crippen LogP contribution < -0.4 is 23.8 Å². The Labute approximate surface area is 191 Å². The highest BCUT2D eigenvalue weighted by Gasteiger charge is 2.30. The van der Waals surface area contributed by atoms with Crippen molar-refractivity contribution in [3.8, 4) is 17.2 Å². The van der Waals surface area contributed by atoms with Crippen LogP contribution in [0, 0.1) is 0 Å². The number of methoxy groups -OCH3 is 3. The van der Waals surface area contributed by atoms with Crippen LogP contribution >= 0.6 is 11.3 Å². The second-order valence-electron chi connectivity index (χ2n) is 6.58. The molecule has 0 saturated heterocycles. The molecule has 1 aromatic heterocycles. The van der Waals surface area contributed by atoms with Gasteiger partial charge in [-0.2, -0.15) is 0 Å². The van der Waals surface area contributed by atoms with Crippen molar-refractivity contribution in [1.82, 2.24) is 5.32 Å². The first kappa shape index (κ1) is 23.4. The van der Waals surface area contributed by atoms with E-state index >= 15 is 0 Å². The lowest BCUT2D eigenvalue weighted by Crippen LogP contribution is -2.40. The molecule has 1 N–H and O–H groups in total. The molecule has 0 atom stereocenters. The van der Waals surface area contributed by atoms with Crippen LogP contribution in [0.15, 0.2) is 64.2 Å². The summed E-state index contributed by atoms with van der Waals surface area (Å²) < 4.78 is 43.6. The molecule has 2 aromatic carbocycles. The van der Waals surface area contributed by atoms with E-state index in [1.54, 1.807) is 61.0 Å². The van der Waals surface area contributed by atoms with Gasteiger partial charge in [0.25, 0.3) is 10.0 Å². The van der Waals surface area contributed by atoms with Crippen molar-refractivity contribution in [2.75, 3.05) is 32.2 Å². The third-order valence-electron chi connectivity index (χ3n) is 4.62. The fourth-order valence-corrected chi connectivity index (χ4v) is 5.57. The molecule has 10 heteroatoms. The molecule has 0 bridgehead atoms. The van der Waals surface area contributed by atoms with Crippen LogP contribution in [0.2, 0.25) is 0 Å². The fraction of sp³-hybridized carbons (Fsp3) is 0.227. The summed E-state index contributed by atoms with van der Waals surface area (Å²) in [5.74, 6) is 0.994. The van der Waals surface area contributed by atoms with Gasteiger partial charge < -0.3 is 19.5 Å². The Morgan fingerprint density at radius 1 is 0.938 bits per heavy atom. The van der Waals surface area contributed by atoms with Gasteiger partial charge in [0.2, 0.25) is 5.91 Å². The maximum absolute atomic E-state index is 13.3. The van der Waals surface area contributed by atoms with E-state index in [0.717, 1.165) is 21.2 Å². The largest absolute Gasteiger partial charge is 0.495 e. The molecular formula is C22H24N2O6S2. The maximum atomic E-state index is 13.3. The Kier molecular flexibility index (Phi) is 7.60. The van der Waals surface area contributed by atoms with Crippen molar-refractivity contribution in [1.29, 1.82) is 0 Å². The number of hydrogen-bond donors (Lipinski definition) is 1. The Balaban J connectivity index is 1.83. The summed E-state index contributed by atoms with van der Waals surface area (Å²) in [5, 5.41) is 4.44. The predicted molar refractivity (Wildman–Crippen MR) is 123 cm³/mol. The van der Waals surface area contributed by atoms with Crippen LogP contribution in [0.5, 0.6) is 17.2 Å². The zero-order valence-electron chi connectivity index (χ0n) is 17.9. The van der Waals surface area contributed by atoms with E-state index in [-0.39, 0.29) is 16.4 Å². The molecule has 3 rings (SSSR count). The van der Waals surface area contributed by atoms with Gasteiger partial charge in [0, 0.05) is 6.54 Å². The summed E-state index contributed by atoms with van der Waals surface area (Å²) in [5.41, 5.74) is 1.06. The highest BCUT2D eigenvalue weighted by atomic mass is 32.2. The molecule has 0 spiro atoms.